The first-order valence-corrected chi connectivity index (χ1v) is 5.84. The average Bonchev–Trinajstić information content (AvgIpc) is 2.89. The van der Waals surface area contributed by atoms with Crippen LogP contribution in [0.15, 0.2) is 22.7 Å². The fraction of sp³-hybridized carbons (Fsp3) is 0.417. The predicted octanol–water partition coefficient (Wildman–Crippen LogP) is 3.36. The minimum absolute atomic E-state index is 0.208. The highest BCUT2D eigenvalue weighted by atomic mass is 79.9. The van der Waals surface area contributed by atoms with E-state index in [0.717, 1.165) is 16.5 Å². The van der Waals surface area contributed by atoms with E-state index in [0.29, 0.717) is 12.3 Å². The molecule has 0 heterocycles. The Kier molecular flexibility index (Phi) is 2.91. The smallest absolute Gasteiger partial charge is 0.140 e. The summed E-state index contributed by atoms with van der Waals surface area (Å²) in [5.41, 5.74) is 0.749. The van der Waals surface area contributed by atoms with Gasteiger partial charge in [-0.05, 0) is 36.1 Å². The van der Waals surface area contributed by atoms with Crippen molar-refractivity contribution in [3.8, 4) is 0 Å². The van der Waals surface area contributed by atoms with Gasteiger partial charge >= 0.3 is 0 Å². The van der Waals surface area contributed by atoms with E-state index in [-0.39, 0.29) is 17.5 Å². The second kappa shape index (κ2) is 4.05. The van der Waals surface area contributed by atoms with Crippen molar-refractivity contribution in [2.24, 2.45) is 11.8 Å². The van der Waals surface area contributed by atoms with Crippen LogP contribution >= 0.6 is 15.9 Å². The van der Waals surface area contributed by atoms with Crippen LogP contribution in [0.4, 0.5) is 4.39 Å². The largest absolute Gasteiger partial charge is 0.299 e. The molecule has 0 aliphatic heterocycles. The molecule has 0 spiro atoms. The summed E-state index contributed by atoms with van der Waals surface area (Å²) in [6, 6.07) is 4.46. The zero-order valence-electron chi connectivity index (χ0n) is 8.47. The van der Waals surface area contributed by atoms with Gasteiger partial charge in [0.05, 0.1) is 0 Å². The molecule has 1 fully saturated rings. The van der Waals surface area contributed by atoms with Crippen molar-refractivity contribution >= 4 is 21.7 Å². The van der Waals surface area contributed by atoms with Gasteiger partial charge in [0.25, 0.3) is 0 Å². The van der Waals surface area contributed by atoms with Crippen LogP contribution in [0.25, 0.3) is 0 Å². The normalized spacial score (nSPS) is 23.9. The molecule has 2 rings (SSSR count). The van der Waals surface area contributed by atoms with Gasteiger partial charge in [0.2, 0.25) is 0 Å². The van der Waals surface area contributed by atoms with E-state index in [1.54, 1.807) is 6.07 Å². The van der Waals surface area contributed by atoms with Crippen LogP contribution < -0.4 is 0 Å². The summed E-state index contributed by atoms with van der Waals surface area (Å²) < 4.78 is 13.8. The zero-order chi connectivity index (χ0) is 11.0. The standard InChI is InChI=1S/C12H12BrFO/c1-7-4-10(7)12(15)6-8-5-9(14)2-3-11(8)13/h2-3,5,7,10H,4,6H2,1H3. The maximum atomic E-state index is 13.0. The van der Waals surface area contributed by atoms with Gasteiger partial charge in [0, 0.05) is 16.8 Å². The lowest BCUT2D eigenvalue weighted by molar-refractivity contribution is -0.119. The summed E-state index contributed by atoms with van der Waals surface area (Å²) in [6.07, 6.45) is 1.33. The number of hydrogen-bond donors (Lipinski definition) is 0. The van der Waals surface area contributed by atoms with Gasteiger partial charge in [-0.25, -0.2) is 4.39 Å². The molecule has 0 aromatic heterocycles. The Balaban J connectivity index is 2.10. The molecule has 2 atom stereocenters. The van der Waals surface area contributed by atoms with Crippen LogP contribution in [0, 0.1) is 17.7 Å². The second-order valence-electron chi connectivity index (χ2n) is 4.20. The third kappa shape index (κ3) is 2.46. The molecule has 15 heavy (non-hydrogen) atoms. The third-order valence-electron chi connectivity index (χ3n) is 2.90. The van der Waals surface area contributed by atoms with E-state index in [1.807, 2.05) is 0 Å². The van der Waals surface area contributed by atoms with Crippen LogP contribution in [-0.2, 0) is 11.2 Å². The number of Topliss-reactive ketones (excluding diaryl/α,β-unsaturated/α-hetero) is 1. The summed E-state index contributed by atoms with van der Waals surface area (Å²) in [5, 5.41) is 0. The first kappa shape index (κ1) is 10.8. The highest BCUT2D eigenvalue weighted by Crippen LogP contribution is 2.39. The Bertz CT molecular complexity index is 403. The van der Waals surface area contributed by atoms with Crippen LogP contribution in [0.5, 0.6) is 0 Å². The SMILES string of the molecule is CC1CC1C(=O)Cc1cc(F)ccc1Br. The van der Waals surface area contributed by atoms with Crippen LogP contribution in [0.2, 0.25) is 0 Å². The lowest BCUT2D eigenvalue weighted by Gasteiger charge is -2.03. The first-order valence-electron chi connectivity index (χ1n) is 5.04. The Hall–Kier alpha value is -0.700. The van der Waals surface area contributed by atoms with Gasteiger partial charge in [0.15, 0.2) is 0 Å². The van der Waals surface area contributed by atoms with Crippen molar-refractivity contribution in [1.82, 2.24) is 0 Å². The number of rotatable bonds is 3. The summed E-state index contributed by atoms with van der Waals surface area (Å²) in [6.45, 7) is 2.07. The molecule has 80 valence electrons. The van der Waals surface area contributed by atoms with Gasteiger partial charge in [-0.3, -0.25) is 4.79 Å². The van der Waals surface area contributed by atoms with Gasteiger partial charge in [0.1, 0.15) is 11.6 Å². The number of hydrogen-bond acceptors (Lipinski definition) is 1. The quantitative estimate of drug-likeness (QED) is 0.823. The van der Waals surface area contributed by atoms with E-state index < -0.39 is 0 Å². The van der Waals surface area contributed by atoms with Crippen molar-refractivity contribution in [2.75, 3.05) is 0 Å². The highest BCUT2D eigenvalue weighted by molar-refractivity contribution is 9.10. The molecular formula is C12H12BrFO. The van der Waals surface area contributed by atoms with Crippen molar-refractivity contribution in [3.05, 3.63) is 34.1 Å². The molecule has 1 aromatic rings. The van der Waals surface area contributed by atoms with Gasteiger partial charge < -0.3 is 0 Å². The monoisotopic (exact) mass is 270 g/mol. The molecule has 1 saturated carbocycles. The summed E-state index contributed by atoms with van der Waals surface area (Å²) in [5.74, 6) is 0.670. The minimum Gasteiger partial charge on any atom is -0.299 e. The average molecular weight is 271 g/mol. The van der Waals surface area contributed by atoms with Gasteiger partial charge in [-0.2, -0.15) is 0 Å². The Labute approximate surface area is 96.8 Å². The molecule has 1 nitrogen and oxygen atoms in total. The molecular weight excluding hydrogens is 259 g/mol. The number of carbonyl (C=O) groups is 1. The summed E-state index contributed by atoms with van der Waals surface area (Å²) in [4.78, 5) is 11.7. The third-order valence-corrected chi connectivity index (χ3v) is 3.67. The molecule has 0 radical (unpaired) electrons. The van der Waals surface area contributed by atoms with E-state index in [9.17, 15) is 9.18 Å². The summed E-state index contributed by atoms with van der Waals surface area (Å²) >= 11 is 3.32. The molecule has 0 saturated heterocycles. The van der Waals surface area contributed by atoms with Crippen LogP contribution in [0.1, 0.15) is 18.9 Å². The molecule has 2 unspecified atom stereocenters. The number of benzene rings is 1. The second-order valence-corrected chi connectivity index (χ2v) is 5.05. The Morgan fingerprint density at radius 3 is 2.87 bits per heavy atom. The van der Waals surface area contributed by atoms with Crippen molar-refractivity contribution < 1.29 is 9.18 Å². The van der Waals surface area contributed by atoms with Crippen LogP contribution in [0.3, 0.4) is 0 Å². The number of ketones is 1. The molecule has 1 aromatic carbocycles. The molecule has 0 amide bonds. The highest BCUT2D eigenvalue weighted by Gasteiger charge is 2.38. The van der Waals surface area contributed by atoms with E-state index >= 15 is 0 Å². The minimum atomic E-state index is -0.287. The number of halogens is 2. The van der Waals surface area contributed by atoms with E-state index in [1.165, 1.54) is 12.1 Å². The fourth-order valence-electron chi connectivity index (χ4n) is 1.77. The fourth-order valence-corrected chi connectivity index (χ4v) is 2.16. The molecule has 0 N–H and O–H groups in total. The summed E-state index contributed by atoms with van der Waals surface area (Å²) in [7, 11) is 0. The van der Waals surface area contributed by atoms with Crippen LogP contribution in [-0.4, -0.2) is 5.78 Å². The number of carbonyl (C=O) groups excluding carboxylic acids is 1. The predicted molar refractivity (Wildman–Crippen MR) is 60.1 cm³/mol. The molecule has 1 aliphatic carbocycles. The van der Waals surface area contributed by atoms with Crippen molar-refractivity contribution in [3.63, 3.8) is 0 Å². The Morgan fingerprint density at radius 1 is 1.60 bits per heavy atom. The van der Waals surface area contributed by atoms with Crippen molar-refractivity contribution in [2.45, 2.75) is 19.8 Å². The van der Waals surface area contributed by atoms with Crippen molar-refractivity contribution in [1.29, 1.82) is 0 Å². The molecule has 3 heteroatoms. The zero-order valence-corrected chi connectivity index (χ0v) is 10.1. The first-order chi connectivity index (χ1) is 7.08. The molecule has 1 aliphatic rings. The lowest BCUT2D eigenvalue weighted by Crippen LogP contribution is -2.06. The Morgan fingerprint density at radius 2 is 2.27 bits per heavy atom. The van der Waals surface area contributed by atoms with E-state index in [4.69, 9.17) is 0 Å². The lowest BCUT2D eigenvalue weighted by atomic mass is 10.1. The molecule has 0 bridgehead atoms. The van der Waals surface area contributed by atoms with Gasteiger partial charge in [-0.15, -0.1) is 0 Å². The van der Waals surface area contributed by atoms with E-state index in [2.05, 4.69) is 22.9 Å². The maximum absolute atomic E-state index is 13.0. The van der Waals surface area contributed by atoms with Gasteiger partial charge in [-0.1, -0.05) is 22.9 Å². The maximum Gasteiger partial charge on any atom is 0.140 e. The topological polar surface area (TPSA) is 17.1 Å².